The fourth-order valence-electron chi connectivity index (χ4n) is 1.51. The number of ether oxygens (including phenoxy) is 1. The number of carboxylic acids is 1. The highest BCUT2D eigenvalue weighted by Crippen LogP contribution is 2.05. The highest BCUT2D eigenvalue weighted by molar-refractivity contribution is 7.07. The second-order valence-electron chi connectivity index (χ2n) is 4.29. The number of aliphatic carboxylic acids is 1. The van der Waals surface area contributed by atoms with E-state index in [-0.39, 0.29) is 19.4 Å². The van der Waals surface area contributed by atoms with Gasteiger partial charge in [0, 0.05) is 18.8 Å². The molecule has 0 saturated carbocycles. The van der Waals surface area contributed by atoms with Crippen LogP contribution < -0.4 is 5.32 Å². The average molecular weight is 315 g/mol. The number of amides is 2. The number of hydrogen-bond acceptors (Lipinski definition) is 6. The molecule has 1 rings (SSSR count). The highest BCUT2D eigenvalue weighted by Gasteiger charge is 2.23. The summed E-state index contributed by atoms with van der Waals surface area (Å²) in [5.74, 6) is -1.72. The molecule has 0 saturated heterocycles. The third kappa shape index (κ3) is 5.78. The van der Waals surface area contributed by atoms with E-state index in [4.69, 9.17) is 5.11 Å². The molecule has 1 aromatic rings. The summed E-state index contributed by atoms with van der Waals surface area (Å²) < 4.78 is 4.44. The second kappa shape index (κ2) is 8.20. The van der Waals surface area contributed by atoms with Crippen LogP contribution in [-0.4, -0.2) is 53.2 Å². The molecule has 0 aliphatic rings. The van der Waals surface area contributed by atoms with E-state index in [1.165, 1.54) is 30.4 Å². The maximum atomic E-state index is 11.9. The first-order valence-corrected chi connectivity index (χ1v) is 7.06. The molecule has 0 aromatic carbocycles. The van der Waals surface area contributed by atoms with E-state index in [1.54, 1.807) is 10.9 Å². The lowest BCUT2D eigenvalue weighted by Crippen LogP contribution is -2.46. The third-order valence-electron chi connectivity index (χ3n) is 2.69. The minimum Gasteiger partial charge on any atom is -0.480 e. The molecular weight excluding hydrogens is 298 g/mol. The number of carbonyl (C=O) groups excluding carboxylic acids is 2. The van der Waals surface area contributed by atoms with Gasteiger partial charge in [-0.15, -0.1) is 11.3 Å². The van der Waals surface area contributed by atoms with Gasteiger partial charge in [0.2, 0.25) is 0 Å². The predicted octanol–water partition coefficient (Wildman–Crippen LogP) is 0.691. The highest BCUT2D eigenvalue weighted by atomic mass is 32.1. The molecule has 9 heteroatoms. The van der Waals surface area contributed by atoms with Gasteiger partial charge in [0.25, 0.3) is 0 Å². The lowest BCUT2D eigenvalue weighted by atomic mass is 10.1. The van der Waals surface area contributed by atoms with Crippen LogP contribution >= 0.6 is 11.3 Å². The normalized spacial score (nSPS) is 11.5. The zero-order valence-corrected chi connectivity index (χ0v) is 12.6. The van der Waals surface area contributed by atoms with Crippen molar-refractivity contribution in [1.82, 2.24) is 15.2 Å². The molecule has 116 valence electrons. The Labute approximate surface area is 125 Å². The Balaban J connectivity index is 2.51. The molecule has 8 nitrogen and oxygen atoms in total. The number of carbonyl (C=O) groups is 3. The van der Waals surface area contributed by atoms with E-state index < -0.39 is 24.0 Å². The monoisotopic (exact) mass is 315 g/mol. The maximum Gasteiger partial charge on any atom is 0.326 e. The van der Waals surface area contributed by atoms with E-state index in [1.807, 2.05) is 0 Å². The molecule has 0 fully saturated rings. The van der Waals surface area contributed by atoms with Crippen molar-refractivity contribution in [2.75, 3.05) is 14.2 Å². The van der Waals surface area contributed by atoms with Crippen molar-refractivity contribution < 1.29 is 24.2 Å². The van der Waals surface area contributed by atoms with E-state index in [0.717, 1.165) is 5.69 Å². The van der Waals surface area contributed by atoms with Crippen LogP contribution in [0.5, 0.6) is 0 Å². The van der Waals surface area contributed by atoms with Crippen molar-refractivity contribution in [3.8, 4) is 0 Å². The van der Waals surface area contributed by atoms with Crippen molar-refractivity contribution in [2.45, 2.75) is 25.4 Å². The first kappa shape index (κ1) is 16.9. The summed E-state index contributed by atoms with van der Waals surface area (Å²) in [5, 5.41) is 13.2. The van der Waals surface area contributed by atoms with Crippen molar-refractivity contribution in [2.24, 2.45) is 0 Å². The molecule has 1 atom stereocenters. The number of nitrogens with one attached hydrogen (secondary N) is 1. The molecule has 0 spiro atoms. The van der Waals surface area contributed by atoms with Crippen molar-refractivity contribution in [1.29, 1.82) is 0 Å². The van der Waals surface area contributed by atoms with Gasteiger partial charge < -0.3 is 20.1 Å². The van der Waals surface area contributed by atoms with Gasteiger partial charge in [0.1, 0.15) is 6.04 Å². The van der Waals surface area contributed by atoms with Gasteiger partial charge >= 0.3 is 18.0 Å². The van der Waals surface area contributed by atoms with Gasteiger partial charge in [-0.05, 0) is 6.42 Å². The van der Waals surface area contributed by atoms with Gasteiger partial charge in [-0.3, -0.25) is 4.79 Å². The standard InChI is InChI=1S/C12H17N3O5S/c1-15(5-8-6-21-7-13-8)12(19)14-9(11(17)18)3-4-10(16)20-2/h6-7,9H,3-5H2,1-2H3,(H,14,19)(H,17,18)/t9-/m0/s1. The van der Waals surface area contributed by atoms with Crippen molar-refractivity contribution in [3.05, 3.63) is 16.6 Å². The Morgan fingerprint density at radius 1 is 1.52 bits per heavy atom. The lowest BCUT2D eigenvalue weighted by molar-refractivity contribution is -0.142. The Hall–Kier alpha value is -2.16. The minimum atomic E-state index is -1.20. The van der Waals surface area contributed by atoms with E-state index in [2.05, 4.69) is 15.0 Å². The van der Waals surface area contributed by atoms with Crippen LogP contribution in [0, 0.1) is 0 Å². The fraction of sp³-hybridized carbons (Fsp3) is 0.500. The number of hydrogen-bond donors (Lipinski definition) is 2. The molecule has 2 N–H and O–H groups in total. The summed E-state index contributed by atoms with van der Waals surface area (Å²) in [5.41, 5.74) is 2.37. The molecule has 2 amide bonds. The van der Waals surface area contributed by atoms with E-state index in [0.29, 0.717) is 0 Å². The number of thiazole rings is 1. The fourth-order valence-corrected chi connectivity index (χ4v) is 2.06. The molecule has 21 heavy (non-hydrogen) atoms. The maximum absolute atomic E-state index is 11.9. The van der Waals surface area contributed by atoms with E-state index in [9.17, 15) is 14.4 Å². The van der Waals surface area contributed by atoms with Gasteiger partial charge in [0.15, 0.2) is 0 Å². The zero-order chi connectivity index (χ0) is 15.8. The number of methoxy groups -OCH3 is 1. The summed E-state index contributed by atoms with van der Waals surface area (Å²) in [6.07, 6.45) is -0.109. The Morgan fingerprint density at radius 3 is 2.76 bits per heavy atom. The van der Waals surface area contributed by atoms with Crippen LogP contribution in [0.25, 0.3) is 0 Å². The molecule has 1 heterocycles. The van der Waals surface area contributed by atoms with Crippen LogP contribution in [0.3, 0.4) is 0 Å². The van der Waals surface area contributed by atoms with Crippen LogP contribution in [0.15, 0.2) is 10.9 Å². The lowest BCUT2D eigenvalue weighted by Gasteiger charge is -2.20. The van der Waals surface area contributed by atoms with Crippen LogP contribution in [-0.2, 0) is 20.9 Å². The summed E-state index contributed by atoms with van der Waals surface area (Å²) >= 11 is 1.41. The number of carboxylic acid groups (broad SMARTS) is 1. The largest absolute Gasteiger partial charge is 0.480 e. The van der Waals surface area contributed by atoms with Gasteiger partial charge in [-0.1, -0.05) is 0 Å². The van der Waals surface area contributed by atoms with Crippen molar-refractivity contribution >= 4 is 29.3 Å². The van der Waals surface area contributed by atoms with Gasteiger partial charge in [-0.25, -0.2) is 14.6 Å². The van der Waals surface area contributed by atoms with Gasteiger partial charge in [-0.2, -0.15) is 0 Å². The van der Waals surface area contributed by atoms with Crippen molar-refractivity contribution in [3.63, 3.8) is 0 Å². The Morgan fingerprint density at radius 2 is 2.24 bits per heavy atom. The molecule has 1 aromatic heterocycles. The minimum absolute atomic E-state index is 0.0295. The molecular formula is C12H17N3O5S. The molecule has 0 aliphatic carbocycles. The third-order valence-corrected chi connectivity index (χ3v) is 3.33. The average Bonchev–Trinajstić information content (AvgIpc) is 2.95. The summed E-state index contributed by atoms with van der Waals surface area (Å²) in [6, 6.07) is -1.69. The topological polar surface area (TPSA) is 109 Å². The number of urea groups is 1. The molecule has 0 unspecified atom stereocenters. The quantitative estimate of drug-likeness (QED) is 0.717. The van der Waals surface area contributed by atoms with Gasteiger partial charge in [0.05, 0.1) is 24.9 Å². The SMILES string of the molecule is COC(=O)CC[C@H](NC(=O)N(C)Cc1cscn1)C(=O)O. The second-order valence-corrected chi connectivity index (χ2v) is 5.01. The van der Waals surface area contributed by atoms with Crippen LogP contribution in [0.4, 0.5) is 4.79 Å². The Bertz CT molecular complexity index is 491. The van der Waals surface area contributed by atoms with Crippen LogP contribution in [0.1, 0.15) is 18.5 Å². The molecule has 0 radical (unpaired) electrons. The predicted molar refractivity (Wildman–Crippen MR) is 74.8 cm³/mol. The smallest absolute Gasteiger partial charge is 0.326 e. The Kier molecular flexibility index (Phi) is 6.60. The number of esters is 1. The number of rotatable bonds is 7. The number of nitrogens with zero attached hydrogens (tertiary/aromatic N) is 2. The summed E-state index contributed by atoms with van der Waals surface area (Å²) in [6.45, 7) is 0.276. The summed E-state index contributed by atoms with van der Waals surface area (Å²) in [7, 11) is 2.76. The number of aromatic nitrogens is 1. The van der Waals surface area contributed by atoms with E-state index >= 15 is 0 Å². The first-order valence-electron chi connectivity index (χ1n) is 6.12. The van der Waals surface area contributed by atoms with Crippen LogP contribution in [0.2, 0.25) is 0 Å². The summed E-state index contributed by atoms with van der Waals surface area (Å²) in [4.78, 5) is 39.4. The first-order chi connectivity index (χ1) is 9.93. The zero-order valence-electron chi connectivity index (χ0n) is 11.7. The molecule has 0 aliphatic heterocycles. The molecule has 0 bridgehead atoms.